The molecule has 0 radical (unpaired) electrons. The van der Waals surface area contributed by atoms with E-state index in [1.165, 1.54) is 11.6 Å². The van der Waals surface area contributed by atoms with Gasteiger partial charge in [-0.05, 0) is 53.5 Å². The monoisotopic (exact) mass is 459 g/mol. The van der Waals surface area contributed by atoms with Crippen molar-refractivity contribution in [1.82, 2.24) is 4.90 Å². The number of hydrogen-bond acceptors (Lipinski definition) is 4. The molecule has 0 aliphatic heterocycles. The van der Waals surface area contributed by atoms with Crippen molar-refractivity contribution in [3.05, 3.63) is 102 Å². The second-order valence-electron chi connectivity index (χ2n) is 7.81. The Morgan fingerprint density at radius 3 is 2.00 bits per heavy atom. The van der Waals surface area contributed by atoms with Crippen LogP contribution in [-0.2, 0) is 22.4 Å². The Balaban J connectivity index is 1.36. The van der Waals surface area contributed by atoms with Crippen LogP contribution in [0.3, 0.4) is 0 Å². The van der Waals surface area contributed by atoms with Crippen LogP contribution in [0.1, 0.15) is 16.7 Å². The molecule has 3 aromatic carbocycles. The third kappa shape index (κ3) is 8.47. The number of ether oxygens (including phenoxy) is 2. The molecule has 0 bridgehead atoms. The molecule has 3 rings (SSSR count). The molecule has 0 fully saturated rings. The quantitative estimate of drug-likeness (QED) is 0.319. The van der Waals surface area contributed by atoms with Gasteiger partial charge in [-0.25, -0.2) is 4.79 Å². The van der Waals surface area contributed by atoms with Crippen LogP contribution in [0.4, 0.5) is 0 Å². The van der Waals surface area contributed by atoms with Crippen LogP contribution >= 0.6 is 0 Å². The highest BCUT2D eigenvalue weighted by atomic mass is 16.5. The van der Waals surface area contributed by atoms with Gasteiger partial charge >= 0.3 is 5.97 Å². The van der Waals surface area contributed by atoms with E-state index >= 15 is 0 Å². The summed E-state index contributed by atoms with van der Waals surface area (Å²) in [6, 6.07) is 24.8. The van der Waals surface area contributed by atoms with Gasteiger partial charge in [-0.3, -0.25) is 4.79 Å². The highest BCUT2D eigenvalue weighted by molar-refractivity contribution is 5.85. The van der Waals surface area contributed by atoms with Crippen molar-refractivity contribution in [2.75, 3.05) is 26.8 Å². The van der Waals surface area contributed by atoms with Crippen LogP contribution in [0.25, 0.3) is 6.08 Å². The summed E-state index contributed by atoms with van der Waals surface area (Å²) in [5, 5.41) is 8.66. The van der Waals surface area contributed by atoms with E-state index in [-0.39, 0.29) is 5.91 Å². The lowest BCUT2D eigenvalue weighted by atomic mass is 10.1. The lowest BCUT2D eigenvalue weighted by Gasteiger charge is -2.17. The first-order valence-electron chi connectivity index (χ1n) is 11.1. The molecule has 176 valence electrons. The zero-order valence-corrected chi connectivity index (χ0v) is 19.2. The molecule has 6 heteroatoms. The second kappa shape index (κ2) is 12.8. The SMILES string of the molecule is CN(CCc1ccccc1)C(=O)Cc1ccc(OCCOc2ccc(/C=C/C(=O)O)cc2)cc1. The van der Waals surface area contributed by atoms with E-state index in [0.29, 0.717) is 37.7 Å². The summed E-state index contributed by atoms with van der Waals surface area (Å²) in [4.78, 5) is 24.8. The summed E-state index contributed by atoms with van der Waals surface area (Å²) in [6.45, 7) is 1.43. The number of carboxylic acids is 1. The minimum atomic E-state index is -0.983. The van der Waals surface area contributed by atoms with Gasteiger partial charge in [0.15, 0.2) is 0 Å². The van der Waals surface area contributed by atoms with Crippen molar-refractivity contribution in [2.45, 2.75) is 12.8 Å². The molecule has 0 spiro atoms. The Bertz CT molecular complexity index is 1080. The van der Waals surface area contributed by atoms with Crippen LogP contribution in [0, 0.1) is 0 Å². The largest absolute Gasteiger partial charge is 0.490 e. The normalized spacial score (nSPS) is 10.7. The summed E-state index contributed by atoms with van der Waals surface area (Å²) >= 11 is 0. The first-order valence-corrected chi connectivity index (χ1v) is 11.1. The summed E-state index contributed by atoms with van der Waals surface area (Å²) < 4.78 is 11.4. The first kappa shape index (κ1) is 24.6. The molecule has 0 aliphatic carbocycles. The molecule has 0 saturated heterocycles. The third-order valence-electron chi connectivity index (χ3n) is 5.20. The van der Waals surface area contributed by atoms with Crippen LogP contribution in [0.15, 0.2) is 84.9 Å². The fraction of sp³-hybridized carbons (Fsp3) is 0.214. The van der Waals surface area contributed by atoms with E-state index in [2.05, 4.69) is 12.1 Å². The molecule has 0 unspecified atom stereocenters. The fourth-order valence-electron chi connectivity index (χ4n) is 3.24. The lowest BCUT2D eigenvalue weighted by Crippen LogP contribution is -2.30. The predicted octanol–water partition coefficient (Wildman–Crippen LogP) is 4.49. The summed E-state index contributed by atoms with van der Waals surface area (Å²) in [7, 11) is 1.84. The second-order valence-corrected chi connectivity index (χ2v) is 7.81. The van der Waals surface area contributed by atoms with Gasteiger partial charge in [-0.15, -0.1) is 0 Å². The molecule has 1 N–H and O–H groups in total. The van der Waals surface area contributed by atoms with Gasteiger partial charge in [0.1, 0.15) is 24.7 Å². The minimum absolute atomic E-state index is 0.0856. The van der Waals surface area contributed by atoms with Gasteiger partial charge in [0, 0.05) is 19.7 Å². The number of rotatable bonds is 12. The topological polar surface area (TPSA) is 76.1 Å². The van der Waals surface area contributed by atoms with E-state index in [1.54, 1.807) is 29.2 Å². The maximum Gasteiger partial charge on any atom is 0.328 e. The minimum Gasteiger partial charge on any atom is -0.490 e. The smallest absolute Gasteiger partial charge is 0.328 e. The van der Waals surface area contributed by atoms with Crippen molar-refractivity contribution in [2.24, 2.45) is 0 Å². The highest BCUT2D eigenvalue weighted by Gasteiger charge is 2.10. The van der Waals surface area contributed by atoms with Gasteiger partial charge in [-0.1, -0.05) is 54.6 Å². The molecule has 6 nitrogen and oxygen atoms in total. The van der Waals surface area contributed by atoms with Gasteiger partial charge in [0.25, 0.3) is 0 Å². The number of carbonyl (C=O) groups excluding carboxylic acids is 1. The molecule has 0 saturated carbocycles. The maximum atomic E-state index is 12.5. The van der Waals surface area contributed by atoms with E-state index < -0.39 is 5.97 Å². The Kier molecular flexibility index (Phi) is 9.29. The number of hydrogen-bond donors (Lipinski definition) is 1. The Morgan fingerprint density at radius 1 is 0.824 bits per heavy atom. The average Bonchev–Trinajstić information content (AvgIpc) is 2.86. The third-order valence-corrected chi connectivity index (χ3v) is 5.20. The van der Waals surface area contributed by atoms with E-state index in [1.807, 2.05) is 49.5 Å². The van der Waals surface area contributed by atoms with Crippen molar-refractivity contribution < 1.29 is 24.2 Å². The molecular weight excluding hydrogens is 430 g/mol. The average molecular weight is 460 g/mol. The molecule has 34 heavy (non-hydrogen) atoms. The number of likely N-dealkylation sites (N-methyl/N-ethyl adjacent to an activating group) is 1. The molecule has 1 amide bonds. The molecular formula is C28H29NO5. The predicted molar refractivity (Wildman–Crippen MR) is 132 cm³/mol. The molecule has 0 aromatic heterocycles. The zero-order valence-electron chi connectivity index (χ0n) is 19.2. The van der Waals surface area contributed by atoms with Crippen LogP contribution in [-0.4, -0.2) is 48.7 Å². The Hall–Kier alpha value is -4.06. The summed E-state index contributed by atoms with van der Waals surface area (Å²) in [5.41, 5.74) is 2.95. The maximum absolute atomic E-state index is 12.5. The zero-order chi connectivity index (χ0) is 24.2. The Labute approximate surface area is 200 Å². The van der Waals surface area contributed by atoms with Crippen LogP contribution in [0.2, 0.25) is 0 Å². The molecule has 0 aliphatic rings. The van der Waals surface area contributed by atoms with Gasteiger partial charge in [0.05, 0.1) is 6.42 Å². The van der Waals surface area contributed by atoms with Crippen molar-refractivity contribution in [3.63, 3.8) is 0 Å². The number of carbonyl (C=O) groups is 2. The van der Waals surface area contributed by atoms with Crippen molar-refractivity contribution >= 4 is 18.0 Å². The van der Waals surface area contributed by atoms with E-state index in [9.17, 15) is 9.59 Å². The first-order chi connectivity index (χ1) is 16.5. The standard InChI is InChI=1S/C28H29NO5/c1-29(18-17-22-5-3-2-4-6-22)27(30)21-24-9-14-26(15-10-24)34-20-19-33-25-12-7-23(8-13-25)11-16-28(31)32/h2-16H,17-21H2,1H3,(H,31,32)/b16-11+. The molecule has 0 heterocycles. The highest BCUT2D eigenvalue weighted by Crippen LogP contribution is 2.15. The molecule has 3 aromatic rings. The van der Waals surface area contributed by atoms with Crippen molar-refractivity contribution in [1.29, 1.82) is 0 Å². The van der Waals surface area contributed by atoms with Gasteiger partial charge in [-0.2, -0.15) is 0 Å². The number of aliphatic carboxylic acids is 1. The van der Waals surface area contributed by atoms with Crippen LogP contribution < -0.4 is 9.47 Å². The number of carboxylic acid groups (broad SMARTS) is 1. The number of amides is 1. The lowest BCUT2D eigenvalue weighted by molar-refractivity contribution is -0.131. The Morgan fingerprint density at radius 2 is 1.41 bits per heavy atom. The summed E-state index contributed by atoms with van der Waals surface area (Å²) in [6.07, 6.45) is 3.81. The van der Waals surface area contributed by atoms with E-state index in [0.717, 1.165) is 23.6 Å². The van der Waals surface area contributed by atoms with Gasteiger partial charge < -0.3 is 19.5 Å². The van der Waals surface area contributed by atoms with Crippen molar-refractivity contribution in [3.8, 4) is 11.5 Å². The van der Waals surface area contributed by atoms with Gasteiger partial charge in [0.2, 0.25) is 5.91 Å². The van der Waals surface area contributed by atoms with E-state index in [4.69, 9.17) is 14.6 Å². The number of benzene rings is 3. The summed E-state index contributed by atoms with van der Waals surface area (Å²) in [5.74, 6) is 0.499. The fourth-order valence-corrected chi connectivity index (χ4v) is 3.24. The van der Waals surface area contributed by atoms with Crippen LogP contribution in [0.5, 0.6) is 11.5 Å². The molecule has 0 atom stereocenters. The number of nitrogens with zero attached hydrogens (tertiary/aromatic N) is 1.